The van der Waals surface area contributed by atoms with Crippen LogP contribution in [0, 0.1) is 17.1 Å². The number of nitrogens with zero attached hydrogens (tertiary/aromatic N) is 5. The molecule has 0 radical (unpaired) electrons. The minimum absolute atomic E-state index is 0.0777. The van der Waals surface area contributed by atoms with E-state index in [0.29, 0.717) is 55.5 Å². The molecule has 0 unspecified atom stereocenters. The van der Waals surface area contributed by atoms with Gasteiger partial charge in [-0.2, -0.15) is 9.57 Å². The van der Waals surface area contributed by atoms with Crippen LogP contribution in [0.4, 0.5) is 4.39 Å². The smallest absolute Gasteiger partial charge is 0.220 e. The highest BCUT2D eigenvalue weighted by Crippen LogP contribution is 2.14. The third-order valence-electron chi connectivity index (χ3n) is 4.66. The van der Waals surface area contributed by atoms with Crippen molar-refractivity contribution < 1.29 is 17.3 Å². The number of piperazine rings is 1. The highest BCUT2D eigenvalue weighted by molar-refractivity contribution is 7.88. The summed E-state index contributed by atoms with van der Waals surface area (Å²) in [6, 6.07) is 7.69. The van der Waals surface area contributed by atoms with E-state index in [4.69, 9.17) is 9.78 Å². The summed E-state index contributed by atoms with van der Waals surface area (Å²) in [7, 11) is -3.49. The Balaban J connectivity index is 1.65. The Hall–Kier alpha value is -2.97. The van der Waals surface area contributed by atoms with Gasteiger partial charge in [0.1, 0.15) is 17.8 Å². The minimum Gasteiger partial charge on any atom is -0.364 e. The Morgan fingerprint density at radius 3 is 2.73 bits per heavy atom. The van der Waals surface area contributed by atoms with Crippen LogP contribution in [0.5, 0.6) is 0 Å². The van der Waals surface area contributed by atoms with Crippen LogP contribution >= 0.6 is 0 Å². The Morgan fingerprint density at radius 1 is 1.33 bits per heavy atom. The number of hydrogen-bond donors (Lipinski definition) is 1. The number of hydrogen-bond acceptors (Lipinski definition) is 6. The monoisotopic (exact) mass is 434 g/mol. The Kier molecular flexibility index (Phi) is 7.02. The first-order valence-corrected chi connectivity index (χ1v) is 11.1. The van der Waals surface area contributed by atoms with Gasteiger partial charge in [0, 0.05) is 44.4 Å². The van der Waals surface area contributed by atoms with Crippen LogP contribution in [0.25, 0.3) is 0 Å². The summed E-state index contributed by atoms with van der Waals surface area (Å²) in [5.74, 6) is -0.0446. The molecule has 0 amide bonds. The zero-order chi connectivity index (χ0) is 21.6. The van der Waals surface area contributed by atoms with Gasteiger partial charge in [-0.3, -0.25) is 0 Å². The quantitative estimate of drug-likeness (QED) is 0.538. The molecule has 2 aromatic rings. The van der Waals surface area contributed by atoms with E-state index in [1.54, 1.807) is 0 Å². The summed E-state index contributed by atoms with van der Waals surface area (Å²) in [6.45, 7) is 4.13. The van der Waals surface area contributed by atoms with Gasteiger partial charge in [0.25, 0.3) is 0 Å². The van der Waals surface area contributed by atoms with Gasteiger partial charge in [0.05, 0.1) is 23.9 Å². The van der Waals surface area contributed by atoms with Crippen LogP contribution in [-0.4, -0.2) is 61.5 Å². The van der Waals surface area contributed by atoms with Crippen LogP contribution in [0.3, 0.4) is 0 Å². The lowest BCUT2D eigenvalue weighted by Gasteiger charge is -2.35. The maximum atomic E-state index is 14.0. The summed E-state index contributed by atoms with van der Waals surface area (Å²) < 4.78 is 45.3. The predicted octanol–water partition coefficient (Wildman–Crippen LogP) is 1.30. The first kappa shape index (κ1) is 21.7. The van der Waals surface area contributed by atoms with E-state index in [9.17, 15) is 12.8 Å². The number of benzene rings is 1. The fraction of sp³-hybridized carbons (Fsp3) is 0.421. The van der Waals surface area contributed by atoms with E-state index in [2.05, 4.69) is 15.5 Å². The lowest BCUT2D eigenvalue weighted by Crippen LogP contribution is -2.53. The van der Waals surface area contributed by atoms with Crippen molar-refractivity contribution in [3.63, 3.8) is 0 Å². The van der Waals surface area contributed by atoms with Crippen molar-refractivity contribution in [1.29, 1.82) is 5.26 Å². The molecule has 0 saturated carbocycles. The maximum absolute atomic E-state index is 14.0. The molecule has 1 aliphatic heterocycles. The average Bonchev–Trinajstić information content (AvgIpc) is 3.24. The molecule has 0 aliphatic carbocycles. The van der Waals surface area contributed by atoms with E-state index in [1.165, 1.54) is 34.8 Å². The number of rotatable bonds is 6. The first-order valence-electron chi connectivity index (χ1n) is 9.52. The van der Waals surface area contributed by atoms with Crippen LogP contribution in [-0.2, 0) is 22.3 Å². The predicted molar refractivity (Wildman–Crippen MR) is 108 cm³/mol. The molecular formula is C19H23FN6O3S. The zero-order valence-corrected chi connectivity index (χ0v) is 17.4. The van der Waals surface area contributed by atoms with Crippen LogP contribution in [0.2, 0.25) is 0 Å². The molecule has 0 spiro atoms. The largest absolute Gasteiger partial charge is 0.364 e. The van der Waals surface area contributed by atoms with Crippen molar-refractivity contribution in [3.05, 3.63) is 53.2 Å². The summed E-state index contributed by atoms with van der Waals surface area (Å²) in [6.07, 6.45) is 1.34. The molecule has 0 atom stereocenters. The summed E-state index contributed by atoms with van der Waals surface area (Å²) in [4.78, 5) is 6.43. The van der Waals surface area contributed by atoms with Gasteiger partial charge in [0.15, 0.2) is 5.96 Å². The fourth-order valence-corrected chi connectivity index (χ4v) is 4.54. The second kappa shape index (κ2) is 9.69. The molecule has 0 bridgehead atoms. The molecule has 1 fully saturated rings. The van der Waals surface area contributed by atoms with Crippen LogP contribution in [0.1, 0.15) is 23.7 Å². The third-order valence-corrected chi connectivity index (χ3v) is 6.47. The highest BCUT2D eigenvalue weighted by atomic mass is 32.2. The molecule has 11 heteroatoms. The molecule has 1 saturated heterocycles. The Labute approximate surface area is 174 Å². The Morgan fingerprint density at radius 2 is 2.10 bits per heavy atom. The summed E-state index contributed by atoms with van der Waals surface area (Å²) in [5.41, 5.74) is 1.07. The van der Waals surface area contributed by atoms with E-state index < -0.39 is 15.8 Å². The normalized spacial score (nSPS) is 15.8. The second-order valence-corrected chi connectivity index (χ2v) is 8.69. The van der Waals surface area contributed by atoms with Crippen molar-refractivity contribution in [1.82, 2.24) is 19.7 Å². The van der Waals surface area contributed by atoms with Crippen molar-refractivity contribution in [2.45, 2.75) is 19.2 Å². The molecule has 9 nitrogen and oxygen atoms in total. The van der Waals surface area contributed by atoms with Crippen LogP contribution < -0.4 is 5.32 Å². The van der Waals surface area contributed by atoms with Gasteiger partial charge >= 0.3 is 0 Å². The minimum atomic E-state index is -3.49. The summed E-state index contributed by atoms with van der Waals surface area (Å²) >= 11 is 0. The standard InChI is InChI=1S/C19H23FN6O3S/c1-2-22-19(23-13-16-11-15(12-21)3-4-18(16)20)25-6-8-26(9-7-25)30(27,28)14-17-5-10-29-24-17/h3-5,10-11H,2,6-9,13-14H2,1H3,(H,22,23). The molecule has 2 heterocycles. The topological polar surface area (TPSA) is 115 Å². The molecule has 1 aliphatic rings. The van der Waals surface area contributed by atoms with Crippen LogP contribution in [0.15, 0.2) is 40.0 Å². The summed E-state index contributed by atoms with van der Waals surface area (Å²) in [5, 5.41) is 15.8. The first-order chi connectivity index (χ1) is 14.4. The molecular weight excluding hydrogens is 411 g/mol. The van der Waals surface area contributed by atoms with Gasteiger partial charge in [-0.1, -0.05) is 5.16 Å². The molecule has 3 rings (SSSR count). The van der Waals surface area contributed by atoms with E-state index in [0.717, 1.165) is 0 Å². The second-order valence-electron chi connectivity index (χ2n) is 6.72. The fourth-order valence-electron chi connectivity index (χ4n) is 3.12. The van der Waals surface area contributed by atoms with Gasteiger partial charge < -0.3 is 14.7 Å². The van der Waals surface area contributed by atoms with Crippen molar-refractivity contribution in [2.24, 2.45) is 4.99 Å². The van der Waals surface area contributed by atoms with Crippen molar-refractivity contribution >= 4 is 16.0 Å². The Bertz CT molecular complexity index is 1030. The molecule has 1 aromatic carbocycles. The third kappa shape index (κ3) is 5.34. The van der Waals surface area contributed by atoms with Gasteiger partial charge in [-0.15, -0.1) is 0 Å². The maximum Gasteiger partial charge on any atom is 0.220 e. The SMILES string of the molecule is CCNC(=NCc1cc(C#N)ccc1F)N1CCN(S(=O)(=O)Cc2ccon2)CC1. The number of sulfonamides is 1. The highest BCUT2D eigenvalue weighted by Gasteiger charge is 2.29. The molecule has 1 aromatic heterocycles. The zero-order valence-electron chi connectivity index (χ0n) is 16.6. The number of aliphatic imine (C=N–C) groups is 1. The number of guanidine groups is 1. The van der Waals surface area contributed by atoms with Crippen molar-refractivity contribution in [2.75, 3.05) is 32.7 Å². The van der Waals surface area contributed by atoms with E-state index in [-0.39, 0.29) is 12.3 Å². The van der Waals surface area contributed by atoms with Gasteiger partial charge in [0.2, 0.25) is 10.0 Å². The number of nitrogens with one attached hydrogen (secondary N) is 1. The van der Waals surface area contributed by atoms with E-state index >= 15 is 0 Å². The van der Waals surface area contributed by atoms with Crippen molar-refractivity contribution in [3.8, 4) is 6.07 Å². The number of aromatic nitrogens is 1. The lowest BCUT2D eigenvalue weighted by atomic mass is 10.1. The van der Waals surface area contributed by atoms with Gasteiger partial charge in [-0.25, -0.2) is 17.8 Å². The van der Waals surface area contributed by atoms with Gasteiger partial charge in [-0.05, 0) is 25.1 Å². The molecule has 160 valence electrons. The number of nitriles is 1. The average molecular weight is 434 g/mol. The molecule has 30 heavy (non-hydrogen) atoms. The lowest BCUT2D eigenvalue weighted by molar-refractivity contribution is 0.259. The number of halogens is 1. The molecule has 1 N–H and O–H groups in total. The van der Waals surface area contributed by atoms with E-state index in [1.807, 2.05) is 17.9 Å².